The number of nitrogens with one attached hydrogen (secondary N) is 2. The number of ether oxygens (including phenoxy) is 3. The normalized spacial score (nSPS) is 19.8. The number of carbonyl (C=O) groups is 4. The Morgan fingerprint density at radius 2 is 1.38 bits per heavy atom. The molecule has 3 amide bonds. The highest BCUT2D eigenvalue weighted by Crippen LogP contribution is 2.41. The monoisotopic (exact) mass is 629 g/mol. The predicted octanol–water partition coefficient (Wildman–Crippen LogP) is 4.84. The van der Waals surface area contributed by atoms with Crippen molar-refractivity contribution < 1.29 is 33.4 Å². The fourth-order valence-corrected chi connectivity index (χ4v) is 6.34. The molecule has 2 heterocycles. The minimum Gasteiger partial charge on any atom is -0.498 e. The first-order valence-electron chi connectivity index (χ1n) is 14.4. The molecule has 10 nitrogen and oxygen atoms in total. The quantitative estimate of drug-likeness (QED) is 0.255. The second-order valence-corrected chi connectivity index (χ2v) is 12.5. The van der Waals surface area contributed by atoms with Crippen molar-refractivity contribution in [3.63, 3.8) is 0 Å². The van der Waals surface area contributed by atoms with Crippen LogP contribution in [-0.4, -0.2) is 58.9 Å². The molecular weight excluding hydrogens is 594 g/mol. The lowest BCUT2D eigenvalue weighted by Gasteiger charge is -2.51. The molecule has 0 radical (unpaired) electrons. The Hall–Kier alpha value is -4.77. The Labute approximate surface area is 266 Å². The average molecular weight is 630 g/mol. The van der Waals surface area contributed by atoms with E-state index in [-0.39, 0.29) is 5.76 Å². The number of rotatable bonds is 9. The molecule has 2 N–H and O–H groups in total. The maximum absolute atomic E-state index is 13.8. The van der Waals surface area contributed by atoms with Crippen LogP contribution in [0.2, 0.25) is 0 Å². The van der Waals surface area contributed by atoms with Crippen molar-refractivity contribution in [3.8, 4) is 0 Å². The van der Waals surface area contributed by atoms with Gasteiger partial charge >= 0.3 is 12.1 Å². The summed E-state index contributed by atoms with van der Waals surface area (Å²) in [6.07, 6.45) is -1.49. The summed E-state index contributed by atoms with van der Waals surface area (Å²) < 4.78 is 17.0. The van der Waals surface area contributed by atoms with Crippen molar-refractivity contribution >= 4 is 35.6 Å². The topological polar surface area (TPSA) is 123 Å². The molecule has 0 aromatic heterocycles. The molecule has 1 saturated heterocycles. The van der Waals surface area contributed by atoms with Gasteiger partial charge in [0, 0.05) is 5.41 Å². The molecule has 0 aliphatic carbocycles. The van der Waals surface area contributed by atoms with Crippen LogP contribution in [0.25, 0.3) is 0 Å². The third-order valence-electron chi connectivity index (χ3n) is 7.20. The van der Waals surface area contributed by atoms with Crippen LogP contribution in [-0.2, 0) is 28.6 Å². The summed E-state index contributed by atoms with van der Waals surface area (Å²) in [7, 11) is 1.43. The van der Waals surface area contributed by atoms with E-state index in [1.54, 1.807) is 56.5 Å². The number of thioether (sulfide) groups is 1. The van der Waals surface area contributed by atoms with E-state index in [0.717, 1.165) is 11.1 Å². The molecule has 5 rings (SSSR count). The van der Waals surface area contributed by atoms with E-state index in [1.807, 2.05) is 60.7 Å². The van der Waals surface area contributed by atoms with Crippen LogP contribution in [0.5, 0.6) is 0 Å². The lowest BCUT2D eigenvalue weighted by Crippen LogP contribution is -2.74. The first kappa shape index (κ1) is 31.6. The number of methoxy groups -OCH3 is 1. The maximum atomic E-state index is 13.8. The van der Waals surface area contributed by atoms with Gasteiger partial charge in [-0.25, -0.2) is 9.59 Å². The van der Waals surface area contributed by atoms with Crippen LogP contribution < -0.4 is 10.6 Å². The van der Waals surface area contributed by atoms with E-state index in [1.165, 1.54) is 23.8 Å². The molecular formula is C34H35N3O7S. The molecule has 1 fully saturated rings. The largest absolute Gasteiger partial charge is 0.498 e. The smallest absolute Gasteiger partial charge is 0.408 e. The minimum atomic E-state index is -1.15. The number of amides is 3. The Bertz CT molecular complexity index is 1520. The van der Waals surface area contributed by atoms with Gasteiger partial charge < -0.3 is 29.7 Å². The van der Waals surface area contributed by atoms with E-state index in [2.05, 4.69) is 10.6 Å². The molecule has 0 spiro atoms. The molecule has 3 aromatic rings. The summed E-state index contributed by atoms with van der Waals surface area (Å²) in [5.41, 5.74) is 1.27. The van der Waals surface area contributed by atoms with Crippen LogP contribution in [0, 0.1) is 0 Å². The molecule has 0 bridgehead atoms. The number of hydrogen-bond acceptors (Lipinski definition) is 8. The summed E-state index contributed by atoms with van der Waals surface area (Å²) in [5, 5.41) is 6.44. The van der Waals surface area contributed by atoms with Crippen LogP contribution in [0.3, 0.4) is 0 Å². The maximum Gasteiger partial charge on any atom is 0.408 e. The lowest BCUT2D eigenvalue weighted by atomic mass is 9.99. The van der Waals surface area contributed by atoms with Gasteiger partial charge in [-0.05, 0) is 37.5 Å². The Balaban J connectivity index is 1.35. The third kappa shape index (κ3) is 7.15. The molecule has 4 atom stereocenters. The van der Waals surface area contributed by atoms with Crippen molar-refractivity contribution in [1.82, 2.24) is 15.5 Å². The van der Waals surface area contributed by atoms with Crippen LogP contribution in [0.15, 0.2) is 102 Å². The van der Waals surface area contributed by atoms with Crippen molar-refractivity contribution in [1.29, 1.82) is 0 Å². The zero-order valence-corrected chi connectivity index (χ0v) is 26.2. The van der Waals surface area contributed by atoms with Gasteiger partial charge in [0.2, 0.25) is 11.8 Å². The number of nitrogens with zero attached hydrogens (tertiary/aromatic N) is 1. The van der Waals surface area contributed by atoms with Gasteiger partial charge in [0.05, 0.1) is 7.11 Å². The summed E-state index contributed by atoms with van der Waals surface area (Å²) in [5.74, 6) is -1.49. The molecule has 234 valence electrons. The van der Waals surface area contributed by atoms with E-state index in [4.69, 9.17) is 14.2 Å². The number of esters is 1. The summed E-state index contributed by atoms with van der Waals surface area (Å²) >= 11 is 1.25. The van der Waals surface area contributed by atoms with Crippen LogP contribution in [0.4, 0.5) is 4.79 Å². The van der Waals surface area contributed by atoms with Crippen molar-refractivity contribution in [3.05, 3.63) is 119 Å². The summed E-state index contributed by atoms with van der Waals surface area (Å²) in [6.45, 7) is 5.16. The second-order valence-electron chi connectivity index (χ2n) is 11.5. The van der Waals surface area contributed by atoms with E-state index in [9.17, 15) is 19.2 Å². The minimum absolute atomic E-state index is 0.257. The Kier molecular flexibility index (Phi) is 9.48. The van der Waals surface area contributed by atoms with Gasteiger partial charge in [-0.15, -0.1) is 11.8 Å². The second kappa shape index (κ2) is 13.5. The first-order valence-corrected chi connectivity index (χ1v) is 15.4. The van der Waals surface area contributed by atoms with Gasteiger partial charge in [0.15, 0.2) is 12.1 Å². The van der Waals surface area contributed by atoms with Crippen molar-refractivity contribution in [2.45, 2.75) is 56.0 Å². The molecule has 45 heavy (non-hydrogen) atoms. The molecule has 2 aliphatic heterocycles. The highest BCUT2D eigenvalue weighted by atomic mass is 32.2. The SMILES string of the molecule is COC1=CS[C@H]2[C@H](NC(=O)C(NC(=O)OC(C)(C)C)c3ccccc3)C(=O)N2[C@H]1C(=O)OC(c1ccccc1)c1ccccc1. The fraction of sp³-hybridized carbons (Fsp3) is 0.294. The van der Waals surface area contributed by atoms with E-state index < -0.39 is 59.1 Å². The molecule has 0 saturated carbocycles. The van der Waals surface area contributed by atoms with Gasteiger partial charge in [0.25, 0.3) is 0 Å². The van der Waals surface area contributed by atoms with E-state index in [0.29, 0.717) is 5.56 Å². The average Bonchev–Trinajstić information content (AvgIpc) is 3.04. The zero-order valence-electron chi connectivity index (χ0n) is 25.3. The lowest BCUT2D eigenvalue weighted by molar-refractivity contribution is -0.167. The number of fused-ring (bicyclic) bond motifs is 1. The van der Waals surface area contributed by atoms with Gasteiger partial charge in [-0.2, -0.15) is 0 Å². The van der Waals surface area contributed by atoms with Crippen molar-refractivity contribution in [2.75, 3.05) is 7.11 Å². The van der Waals surface area contributed by atoms with Gasteiger partial charge in [-0.1, -0.05) is 91.0 Å². The summed E-state index contributed by atoms with van der Waals surface area (Å²) in [4.78, 5) is 55.0. The number of β-lactam (4-membered cyclic amide) rings is 1. The number of benzene rings is 3. The molecule has 1 unspecified atom stereocenters. The zero-order chi connectivity index (χ0) is 32.1. The Morgan fingerprint density at radius 3 is 1.89 bits per heavy atom. The van der Waals surface area contributed by atoms with Gasteiger partial charge in [0.1, 0.15) is 28.8 Å². The van der Waals surface area contributed by atoms with Crippen LogP contribution in [0.1, 0.15) is 49.6 Å². The van der Waals surface area contributed by atoms with Gasteiger partial charge in [-0.3, -0.25) is 9.59 Å². The summed E-state index contributed by atoms with van der Waals surface area (Å²) in [6, 6.07) is 24.1. The van der Waals surface area contributed by atoms with Crippen molar-refractivity contribution in [2.24, 2.45) is 0 Å². The molecule has 2 aliphatic rings. The molecule has 3 aromatic carbocycles. The number of alkyl carbamates (subject to hydrolysis) is 1. The molecule has 11 heteroatoms. The van der Waals surface area contributed by atoms with E-state index >= 15 is 0 Å². The fourth-order valence-electron chi connectivity index (χ4n) is 5.14. The van der Waals surface area contributed by atoms with Crippen LogP contribution >= 0.6 is 11.8 Å². The first-order chi connectivity index (χ1) is 21.6. The highest BCUT2D eigenvalue weighted by Gasteiger charge is 2.57. The Morgan fingerprint density at radius 1 is 0.844 bits per heavy atom. The predicted molar refractivity (Wildman–Crippen MR) is 168 cm³/mol. The highest BCUT2D eigenvalue weighted by molar-refractivity contribution is 8.02. The number of carbonyl (C=O) groups excluding carboxylic acids is 4. The third-order valence-corrected chi connectivity index (χ3v) is 8.35. The number of hydrogen-bond donors (Lipinski definition) is 2. The standard InChI is InChI=1S/C34H35N3O7S/c1-34(2,3)44-33(41)36-25(21-14-8-5-9-15-21)29(38)35-26-30(39)37-27(24(42-4)20-45-31(26)37)32(40)43-28(22-16-10-6-11-17-22)23-18-12-7-13-19-23/h5-20,25-28,31H,1-4H3,(H,35,38)(H,36,41)/t25?,26-,27-,31+/m1/s1.